The summed E-state index contributed by atoms with van der Waals surface area (Å²) in [6.07, 6.45) is 5.08. The van der Waals surface area contributed by atoms with Crippen LogP contribution >= 0.6 is 23.4 Å². The number of aldehydes is 1. The molecule has 14 nitrogen and oxygen atoms in total. The number of carbonyl (C=O) groups is 2. The first-order valence-corrected chi connectivity index (χ1v) is 17.1. The molecule has 2 aliphatic heterocycles. The van der Waals surface area contributed by atoms with Crippen LogP contribution < -0.4 is 15.8 Å². The number of carbonyl (C=O) groups excluding carboxylic acids is 2. The number of hydrogen-bond donors (Lipinski definition) is 2. The average molecular weight is 750 g/mol. The lowest BCUT2D eigenvalue weighted by Crippen LogP contribution is -2.51. The molecule has 5 heterocycles. The summed E-state index contributed by atoms with van der Waals surface area (Å²) in [6.45, 7) is 6.00. The SMILES string of the molecule is CCc1c(N2CCN(C(=O)c3ncnc(C)c3O)CC2)c(=O)n2nc(C3=CCOCC3)nc2n1CC=O.CNc1ccc(SC(F)(F)F)cc1Cl. The largest absolute Gasteiger partial charge is 0.504 e. The number of nitrogens with zero attached hydrogens (tertiary/aromatic N) is 8. The fourth-order valence-corrected chi connectivity index (χ4v) is 6.62. The number of nitrogens with one attached hydrogen (secondary N) is 1. The minimum Gasteiger partial charge on any atom is -0.504 e. The number of rotatable bonds is 8. The molecular formula is C32H35ClF3N9O5S. The van der Waals surface area contributed by atoms with Crippen molar-refractivity contribution < 1.29 is 32.6 Å². The number of amides is 1. The summed E-state index contributed by atoms with van der Waals surface area (Å²) >= 11 is 5.54. The molecule has 4 aromatic rings. The second kappa shape index (κ2) is 16.1. The van der Waals surface area contributed by atoms with Crippen LogP contribution in [0.2, 0.25) is 5.02 Å². The van der Waals surface area contributed by atoms with Gasteiger partial charge in [0.15, 0.2) is 17.3 Å². The van der Waals surface area contributed by atoms with Crippen LogP contribution in [0.1, 0.15) is 41.0 Å². The van der Waals surface area contributed by atoms with Gasteiger partial charge in [0, 0.05) is 38.1 Å². The topological polar surface area (TPSA) is 160 Å². The lowest BCUT2D eigenvalue weighted by Gasteiger charge is -2.36. The molecule has 2 N–H and O–H groups in total. The zero-order chi connectivity index (χ0) is 36.9. The number of fused-ring (bicyclic) bond motifs is 1. The van der Waals surface area contributed by atoms with Crippen LogP contribution in [-0.4, -0.2) is 103 Å². The van der Waals surface area contributed by atoms with E-state index in [0.29, 0.717) is 86.6 Å². The quantitative estimate of drug-likeness (QED) is 0.196. The molecule has 0 bridgehead atoms. The molecular weight excluding hydrogens is 715 g/mol. The Bertz CT molecular complexity index is 2010. The molecule has 19 heteroatoms. The van der Waals surface area contributed by atoms with E-state index in [9.17, 15) is 32.7 Å². The lowest BCUT2D eigenvalue weighted by molar-refractivity contribution is -0.108. The van der Waals surface area contributed by atoms with Crippen LogP contribution in [0, 0.1) is 6.92 Å². The summed E-state index contributed by atoms with van der Waals surface area (Å²) in [4.78, 5) is 54.4. The van der Waals surface area contributed by atoms with Crippen LogP contribution in [0.15, 0.2) is 40.3 Å². The first kappa shape index (κ1) is 37.6. The summed E-state index contributed by atoms with van der Waals surface area (Å²) in [6, 6.07) is 4.16. The minimum absolute atomic E-state index is 0.0328. The molecule has 51 heavy (non-hydrogen) atoms. The number of ether oxygens (including phenoxy) is 1. The van der Waals surface area contributed by atoms with E-state index in [1.165, 1.54) is 29.0 Å². The van der Waals surface area contributed by atoms with Crippen LogP contribution in [0.5, 0.6) is 5.75 Å². The Morgan fingerprint density at radius 3 is 2.55 bits per heavy atom. The molecule has 2 aliphatic rings. The van der Waals surface area contributed by atoms with Gasteiger partial charge in [0.05, 0.1) is 41.9 Å². The van der Waals surface area contributed by atoms with Gasteiger partial charge in [-0.05, 0) is 55.3 Å². The predicted octanol–water partition coefficient (Wildman–Crippen LogP) is 4.22. The number of aromatic hydroxyl groups is 1. The van der Waals surface area contributed by atoms with Crippen molar-refractivity contribution in [1.82, 2.24) is 34.0 Å². The Kier molecular flexibility index (Phi) is 11.9. The van der Waals surface area contributed by atoms with Gasteiger partial charge in [-0.3, -0.25) is 9.59 Å². The number of thioether (sulfide) groups is 1. The number of hydrogen-bond acceptors (Lipinski definition) is 12. The van der Waals surface area contributed by atoms with Gasteiger partial charge in [0.25, 0.3) is 11.5 Å². The van der Waals surface area contributed by atoms with E-state index < -0.39 is 11.4 Å². The first-order chi connectivity index (χ1) is 24.4. The number of aromatic nitrogens is 6. The lowest BCUT2D eigenvalue weighted by atomic mass is 10.1. The molecule has 1 saturated heterocycles. The number of anilines is 2. The Balaban J connectivity index is 0.000000303. The van der Waals surface area contributed by atoms with E-state index in [1.807, 2.05) is 17.9 Å². The van der Waals surface area contributed by atoms with Crippen molar-refractivity contribution in [3.63, 3.8) is 0 Å². The van der Waals surface area contributed by atoms with Crippen LogP contribution in [0.25, 0.3) is 11.4 Å². The highest BCUT2D eigenvalue weighted by Crippen LogP contribution is 2.39. The normalized spacial score (nSPS) is 14.9. The Morgan fingerprint density at radius 1 is 1.20 bits per heavy atom. The maximum atomic E-state index is 13.7. The first-order valence-electron chi connectivity index (χ1n) is 15.9. The number of alkyl halides is 3. The van der Waals surface area contributed by atoms with Gasteiger partial charge in [0.2, 0.25) is 5.78 Å². The van der Waals surface area contributed by atoms with Gasteiger partial charge in [-0.25, -0.2) is 9.97 Å². The maximum Gasteiger partial charge on any atom is 0.446 e. The monoisotopic (exact) mass is 749 g/mol. The van der Waals surface area contributed by atoms with Gasteiger partial charge in [-0.2, -0.15) is 22.7 Å². The number of piperazine rings is 1. The van der Waals surface area contributed by atoms with Gasteiger partial charge in [0.1, 0.15) is 18.3 Å². The number of halogens is 4. The Labute approximate surface area is 299 Å². The maximum absolute atomic E-state index is 13.7. The molecule has 0 atom stereocenters. The molecule has 0 spiro atoms. The van der Waals surface area contributed by atoms with Crippen molar-refractivity contribution in [2.75, 3.05) is 56.7 Å². The average Bonchev–Trinajstić information content (AvgIpc) is 3.57. The summed E-state index contributed by atoms with van der Waals surface area (Å²) in [5.41, 5.74) is -1.65. The Hall–Kier alpha value is -4.68. The molecule has 1 fully saturated rings. The predicted molar refractivity (Wildman–Crippen MR) is 186 cm³/mol. The highest BCUT2D eigenvalue weighted by molar-refractivity contribution is 8.00. The van der Waals surface area contributed by atoms with E-state index in [0.717, 1.165) is 11.9 Å². The molecule has 0 unspecified atom stereocenters. The standard InChI is InChI=1S/C24H28N8O5.C8H7ClF3NS/c1-3-17-19(29-6-8-30(9-7-29)22(35)18-20(34)15(2)25-14-26-18)23(36)32-24(31(17)10-11-33)27-21(28-32)16-4-12-37-13-5-16;1-13-7-3-2-5(4-6(7)9)14-8(10,11)12/h4,11,14,34H,3,5-10,12-13H2,1-2H3;2-4,13H,1H3. The second-order valence-corrected chi connectivity index (χ2v) is 12.9. The van der Waals surface area contributed by atoms with Crippen molar-refractivity contribution in [2.24, 2.45) is 0 Å². The molecule has 0 radical (unpaired) electrons. The van der Waals surface area contributed by atoms with Crippen LogP contribution in [-0.2, 0) is 22.5 Å². The smallest absolute Gasteiger partial charge is 0.446 e. The van der Waals surface area contributed by atoms with E-state index in [4.69, 9.17) is 16.3 Å². The summed E-state index contributed by atoms with van der Waals surface area (Å²) in [7, 11) is 1.65. The zero-order valence-electron chi connectivity index (χ0n) is 27.9. The van der Waals surface area contributed by atoms with Crippen molar-refractivity contribution >= 4 is 58.3 Å². The van der Waals surface area contributed by atoms with Gasteiger partial charge >= 0.3 is 5.51 Å². The molecule has 3 aromatic heterocycles. The summed E-state index contributed by atoms with van der Waals surface area (Å²) < 4.78 is 44.3. The van der Waals surface area contributed by atoms with Crippen molar-refractivity contribution in [1.29, 1.82) is 0 Å². The fourth-order valence-electron chi connectivity index (χ4n) is 5.70. The zero-order valence-corrected chi connectivity index (χ0v) is 29.5. The third kappa shape index (κ3) is 8.45. The summed E-state index contributed by atoms with van der Waals surface area (Å²) in [5.74, 6) is 0.156. The van der Waals surface area contributed by atoms with Gasteiger partial charge < -0.3 is 34.3 Å². The van der Waals surface area contributed by atoms with Crippen molar-refractivity contribution in [3.05, 3.63) is 68.9 Å². The van der Waals surface area contributed by atoms with Crippen molar-refractivity contribution in [3.8, 4) is 5.75 Å². The van der Waals surface area contributed by atoms with E-state index in [-0.39, 0.29) is 45.2 Å². The highest BCUT2D eigenvalue weighted by Gasteiger charge is 2.31. The molecule has 0 saturated carbocycles. The molecule has 272 valence electrons. The highest BCUT2D eigenvalue weighted by atomic mass is 35.5. The third-order valence-corrected chi connectivity index (χ3v) is 9.24. The third-order valence-electron chi connectivity index (χ3n) is 8.20. The van der Waals surface area contributed by atoms with Gasteiger partial charge in [-0.15, -0.1) is 5.10 Å². The van der Waals surface area contributed by atoms with Gasteiger partial charge in [-0.1, -0.05) is 24.6 Å². The second-order valence-electron chi connectivity index (χ2n) is 11.3. The fraction of sp³-hybridized carbons (Fsp3) is 0.406. The number of aryl methyl sites for hydroxylation is 1. The summed E-state index contributed by atoms with van der Waals surface area (Å²) in [5, 5.41) is 17.8. The minimum atomic E-state index is -4.27. The van der Waals surface area contributed by atoms with E-state index in [1.54, 1.807) is 23.4 Å². The molecule has 6 rings (SSSR count). The van der Waals surface area contributed by atoms with Crippen LogP contribution in [0.4, 0.5) is 24.5 Å². The van der Waals surface area contributed by atoms with Crippen molar-refractivity contribution in [2.45, 2.75) is 43.6 Å². The Morgan fingerprint density at radius 2 is 1.94 bits per heavy atom. The molecule has 0 aliphatic carbocycles. The van der Waals surface area contributed by atoms with E-state index in [2.05, 4.69) is 25.4 Å². The van der Waals surface area contributed by atoms with E-state index >= 15 is 0 Å². The molecule has 1 aromatic carbocycles. The van der Waals surface area contributed by atoms with Crippen LogP contribution in [0.3, 0.4) is 0 Å². The number of benzene rings is 1. The molecule has 1 amide bonds.